The van der Waals surface area contributed by atoms with Crippen molar-refractivity contribution in [2.75, 3.05) is 0 Å². The monoisotopic (exact) mass is 271 g/mol. The predicted molar refractivity (Wildman–Crippen MR) is 78.8 cm³/mol. The second kappa shape index (κ2) is 4.98. The molecule has 2 nitrogen and oxygen atoms in total. The first-order valence-corrected chi connectivity index (χ1v) is 6.56. The zero-order valence-corrected chi connectivity index (χ0v) is 11.4. The molecule has 0 radical (unpaired) electrons. The number of hydrogen-bond acceptors (Lipinski definition) is 1. The van der Waals surface area contributed by atoms with Gasteiger partial charge < -0.3 is 9.72 Å². The van der Waals surface area contributed by atoms with Crippen LogP contribution >= 0.6 is 11.6 Å². The molecule has 2 aromatic carbocycles. The maximum atomic E-state index is 6.08. The lowest BCUT2D eigenvalue weighted by molar-refractivity contribution is 0.308. The SMILES string of the molecule is Cc1ccc2[nH]cc(COc3ccccc3Cl)c2c1. The normalized spacial score (nSPS) is 10.8. The lowest BCUT2D eigenvalue weighted by Gasteiger charge is -2.07. The number of fused-ring (bicyclic) bond motifs is 1. The van der Waals surface area contributed by atoms with Gasteiger partial charge in [-0.05, 0) is 31.2 Å². The van der Waals surface area contributed by atoms with Crippen LogP contribution in [0.4, 0.5) is 0 Å². The molecule has 19 heavy (non-hydrogen) atoms. The van der Waals surface area contributed by atoms with E-state index in [2.05, 4.69) is 30.1 Å². The Kier molecular flexibility index (Phi) is 3.18. The number of para-hydroxylation sites is 1. The molecule has 0 saturated carbocycles. The molecule has 0 aliphatic heterocycles. The van der Waals surface area contributed by atoms with Crippen LogP contribution in [-0.2, 0) is 6.61 Å². The molecule has 3 heteroatoms. The molecule has 0 saturated heterocycles. The van der Waals surface area contributed by atoms with Gasteiger partial charge in [0.05, 0.1) is 5.02 Å². The molecule has 0 aliphatic rings. The van der Waals surface area contributed by atoms with Gasteiger partial charge in [0.25, 0.3) is 0 Å². The minimum Gasteiger partial charge on any atom is -0.487 e. The lowest BCUT2D eigenvalue weighted by Crippen LogP contribution is -1.94. The third-order valence-electron chi connectivity index (χ3n) is 3.14. The second-order valence-corrected chi connectivity index (χ2v) is 4.99. The first-order valence-electron chi connectivity index (χ1n) is 6.18. The Labute approximate surface area is 117 Å². The number of aromatic amines is 1. The maximum absolute atomic E-state index is 6.08. The Balaban J connectivity index is 1.86. The third-order valence-corrected chi connectivity index (χ3v) is 3.45. The summed E-state index contributed by atoms with van der Waals surface area (Å²) in [5, 5.41) is 1.84. The first kappa shape index (κ1) is 12.1. The van der Waals surface area contributed by atoms with Crippen molar-refractivity contribution >= 4 is 22.5 Å². The van der Waals surface area contributed by atoms with Crippen LogP contribution in [0.3, 0.4) is 0 Å². The molecule has 3 rings (SSSR count). The molecular formula is C16H14ClNO. The quantitative estimate of drug-likeness (QED) is 0.733. The number of hydrogen-bond donors (Lipinski definition) is 1. The number of rotatable bonds is 3. The van der Waals surface area contributed by atoms with E-state index in [0.717, 1.165) is 11.1 Å². The number of aromatic nitrogens is 1. The van der Waals surface area contributed by atoms with Crippen molar-refractivity contribution in [2.24, 2.45) is 0 Å². The largest absolute Gasteiger partial charge is 0.487 e. The number of halogens is 1. The summed E-state index contributed by atoms with van der Waals surface area (Å²) in [7, 11) is 0. The van der Waals surface area contributed by atoms with Crippen molar-refractivity contribution in [3.05, 3.63) is 64.8 Å². The van der Waals surface area contributed by atoms with Crippen molar-refractivity contribution in [2.45, 2.75) is 13.5 Å². The lowest BCUT2D eigenvalue weighted by atomic mass is 10.1. The molecule has 3 aromatic rings. The van der Waals surface area contributed by atoms with E-state index < -0.39 is 0 Å². The topological polar surface area (TPSA) is 25.0 Å². The van der Waals surface area contributed by atoms with Gasteiger partial charge in [-0.2, -0.15) is 0 Å². The molecule has 0 fully saturated rings. The van der Waals surface area contributed by atoms with Crippen molar-refractivity contribution in [1.29, 1.82) is 0 Å². The van der Waals surface area contributed by atoms with E-state index in [0.29, 0.717) is 17.4 Å². The van der Waals surface area contributed by atoms with Gasteiger partial charge in [0.2, 0.25) is 0 Å². The molecule has 0 unspecified atom stereocenters. The number of ether oxygens (including phenoxy) is 1. The highest BCUT2D eigenvalue weighted by Crippen LogP contribution is 2.26. The molecule has 1 aromatic heterocycles. The van der Waals surface area contributed by atoms with E-state index >= 15 is 0 Å². The molecule has 0 bridgehead atoms. The van der Waals surface area contributed by atoms with Crippen LogP contribution in [0.25, 0.3) is 10.9 Å². The minimum atomic E-state index is 0.507. The summed E-state index contributed by atoms with van der Waals surface area (Å²) in [5.74, 6) is 0.714. The van der Waals surface area contributed by atoms with Gasteiger partial charge in [-0.25, -0.2) is 0 Å². The summed E-state index contributed by atoms with van der Waals surface area (Å²) in [6.45, 7) is 2.60. The molecule has 1 heterocycles. The van der Waals surface area contributed by atoms with Gasteiger partial charge >= 0.3 is 0 Å². The average molecular weight is 272 g/mol. The highest BCUT2D eigenvalue weighted by atomic mass is 35.5. The van der Waals surface area contributed by atoms with Crippen LogP contribution in [0.1, 0.15) is 11.1 Å². The van der Waals surface area contributed by atoms with Crippen LogP contribution in [0.2, 0.25) is 5.02 Å². The fraction of sp³-hybridized carbons (Fsp3) is 0.125. The maximum Gasteiger partial charge on any atom is 0.138 e. The zero-order valence-electron chi connectivity index (χ0n) is 10.6. The molecule has 0 aliphatic carbocycles. The molecule has 96 valence electrons. The fourth-order valence-corrected chi connectivity index (χ4v) is 2.32. The summed E-state index contributed by atoms with van der Waals surface area (Å²) >= 11 is 6.08. The van der Waals surface area contributed by atoms with Crippen molar-refractivity contribution in [3.8, 4) is 5.75 Å². The van der Waals surface area contributed by atoms with Crippen LogP contribution < -0.4 is 4.74 Å². The fourth-order valence-electron chi connectivity index (χ4n) is 2.13. The molecule has 0 amide bonds. The average Bonchev–Trinajstić information content (AvgIpc) is 2.80. The highest BCUT2D eigenvalue weighted by molar-refractivity contribution is 6.32. The summed E-state index contributed by atoms with van der Waals surface area (Å²) in [6.07, 6.45) is 1.99. The Morgan fingerprint density at radius 1 is 1.16 bits per heavy atom. The van der Waals surface area contributed by atoms with Crippen LogP contribution in [-0.4, -0.2) is 4.98 Å². The highest BCUT2D eigenvalue weighted by Gasteiger charge is 2.06. The van der Waals surface area contributed by atoms with E-state index in [1.807, 2.05) is 30.5 Å². The van der Waals surface area contributed by atoms with Gasteiger partial charge in [-0.1, -0.05) is 35.4 Å². The van der Waals surface area contributed by atoms with E-state index in [9.17, 15) is 0 Å². The van der Waals surface area contributed by atoms with E-state index in [1.165, 1.54) is 10.9 Å². The molecular weight excluding hydrogens is 258 g/mol. The van der Waals surface area contributed by atoms with Crippen LogP contribution in [0.5, 0.6) is 5.75 Å². The van der Waals surface area contributed by atoms with Crippen LogP contribution in [0, 0.1) is 6.92 Å². The summed E-state index contributed by atoms with van der Waals surface area (Å²) in [5.41, 5.74) is 3.51. The van der Waals surface area contributed by atoms with Gasteiger partial charge in [-0.15, -0.1) is 0 Å². The van der Waals surface area contributed by atoms with Crippen LogP contribution in [0.15, 0.2) is 48.7 Å². The first-order chi connectivity index (χ1) is 9.24. The Hall–Kier alpha value is -1.93. The predicted octanol–water partition coefficient (Wildman–Crippen LogP) is 4.71. The van der Waals surface area contributed by atoms with Gasteiger partial charge in [-0.3, -0.25) is 0 Å². The number of benzene rings is 2. The standard InChI is InChI=1S/C16H14ClNO/c1-11-6-7-15-13(8-11)12(9-18-15)10-19-16-5-3-2-4-14(16)17/h2-9,18H,10H2,1H3. The third kappa shape index (κ3) is 2.45. The van der Waals surface area contributed by atoms with Gasteiger partial charge in [0.15, 0.2) is 0 Å². The summed E-state index contributed by atoms with van der Waals surface area (Å²) in [6, 6.07) is 13.9. The molecule has 1 N–H and O–H groups in total. The number of aryl methyl sites for hydroxylation is 1. The van der Waals surface area contributed by atoms with E-state index in [-0.39, 0.29) is 0 Å². The van der Waals surface area contributed by atoms with Crippen molar-refractivity contribution in [3.63, 3.8) is 0 Å². The molecule has 0 spiro atoms. The van der Waals surface area contributed by atoms with E-state index in [1.54, 1.807) is 0 Å². The summed E-state index contributed by atoms with van der Waals surface area (Å²) in [4.78, 5) is 3.25. The molecule has 0 atom stereocenters. The van der Waals surface area contributed by atoms with Gasteiger partial charge in [0, 0.05) is 22.7 Å². The van der Waals surface area contributed by atoms with Crippen molar-refractivity contribution < 1.29 is 4.74 Å². The zero-order chi connectivity index (χ0) is 13.2. The number of H-pyrrole nitrogens is 1. The van der Waals surface area contributed by atoms with E-state index in [4.69, 9.17) is 16.3 Å². The second-order valence-electron chi connectivity index (χ2n) is 4.58. The van der Waals surface area contributed by atoms with Gasteiger partial charge in [0.1, 0.15) is 12.4 Å². The summed E-state index contributed by atoms with van der Waals surface area (Å²) < 4.78 is 5.78. The Morgan fingerprint density at radius 3 is 2.84 bits per heavy atom. The minimum absolute atomic E-state index is 0.507. The Bertz CT molecular complexity index is 718. The number of nitrogens with one attached hydrogen (secondary N) is 1. The Morgan fingerprint density at radius 2 is 2.00 bits per heavy atom. The van der Waals surface area contributed by atoms with Crippen molar-refractivity contribution in [1.82, 2.24) is 4.98 Å². The smallest absolute Gasteiger partial charge is 0.138 e.